The van der Waals surface area contributed by atoms with Gasteiger partial charge in [-0.2, -0.15) is 0 Å². The maximum Gasteiger partial charge on any atom is 0.224 e. The quantitative estimate of drug-likeness (QED) is 0.822. The Balaban J connectivity index is 1.76. The number of likely N-dealkylation sites (tertiary alicyclic amines) is 1. The highest BCUT2D eigenvalue weighted by molar-refractivity contribution is 5.90. The largest absolute Gasteiger partial charge is 0.474 e. The van der Waals surface area contributed by atoms with E-state index in [1.807, 2.05) is 4.90 Å². The summed E-state index contributed by atoms with van der Waals surface area (Å²) in [5.41, 5.74) is 0.671. The second kappa shape index (κ2) is 9.39. The molecule has 0 spiro atoms. The van der Waals surface area contributed by atoms with Crippen LogP contribution in [0.15, 0.2) is 18.3 Å². The molecule has 1 aliphatic rings. The number of pyridine rings is 1. The third-order valence-electron chi connectivity index (χ3n) is 4.36. The zero-order valence-corrected chi connectivity index (χ0v) is 15.5. The first-order valence-corrected chi connectivity index (χ1v) is 9.18. The predicted octanol–water partition coefficient (Wildman–Crippen LogP) is 3.24. The molecule has 1 saturated heterocycles. The van der Waals surface area contributed by atoms with Crippen molar-refractivity contribution in [3.63, 3.8) is 0 Å². The molecule has 0 aromatic carbocycles. The third-order valence-corrected chi connectivity index (χ3v) is 4.36. The molecule has 1 aromatic heterocycles. The average Bonchev–Trinajstić information content (AvgIpc) is 2.61. The predicted molar refractivity (Wildman–Crippen MR) is 97.5 cm³/mol. The Bertz CT molecular complexity index is 564. The summed E-state index contributed by atoms with van der Waals surface area (Å²) in [4.78, 5) is 29.7. The van der Waals surface area contributed by atoms with Crippen LogP contribution in [0.2, 0.25) is 0 Å². The van der Waals surface area contributed by atoms with E-state index in [1.54, 1.807) is 25.3 Å². The molecule has 2 amide bonds. The molecule has 6 heteroatoms. The monoisotopic (exact) mass is 347 g/mol. The lowest BCUT2D eigenvalue weighted by Crippen LogP contribution is -2.41. The summed E-state index contributed by atoms with van der Waals surface area (Å²) >= 11 is 0. The van der Waals surface area contributed by atoms with E-state index in [4.69, 9.17) is 4.74 Å². The number of rotatable bonds is 7. The zero-order valence-electron chi connectivity index (χ0n) is 15.5. The smallest absolute Gasteiger partial charge is 0.224 e. The Hall–Kier alpha value is -2.11. The van der Waals surface area contributed by atoms with Crippen LogP contribution in [0.25, 0.3) is 0 Å². The normalized spacial score (nSPS) is 15.3. The number of anilines is 1. The summed E-state index contributed by atoms with van der Waals surface area (Å²) in [5, 5.41) is 2.76. The van der Waals surface area contributed by atoms with Crippen molar-refractivity contribution >= 4 is 17.5 Å². The minimum Gasteiger partial charge on any atom is -0.474 e. The molecule has 6 nitrogen and oxygen atoms in total. The first-order valence-electron chi connectivity index (χ1n) is 9.18. The van der Waals surface area contributed by atoms with Gasteiger partial charge in [-0.1, -0.05) is 20.8 Å². The van der Waals surface area contributed by atoms with E-state index in [0.717, 1.165) is 32.4 Å². The van der Waals surface area contributed by atoms with Crippen molar-refractivity contribution in [2.45, 2.75) is 59.0 Å². The lowest BCUT2D eigenvalue weighted by Gasteiger charge is -2.32. The topological polar surface area (TPSA) is 71.5 Å². The minimum atomic E-state index is -0.0371. The van der Waals surface area contributed by atoms with Crippen LogP contribution in [0.3, 0.4) is 0 Å². The molecule has 0 aliphatic carbocycles. The fourth-order valence-electron chi connectivity index (χ4n) is 2.74. The van der Waals surface area contributed by atoms with Crippen LogP contribution in [0.4, 0.5) is 5.69 Å². The van der Waals surface area contributed by atoms with Gasteiger partial charge in [0.25, 0.3) is 0 Å². The molecule has 1 aromatic rings. The van der Waals surface area contributed by atoms with Crippen molar-refractivity contribution in [2.24, 2.45) is 5.92 Å². The molecular weight excluding hydrogens is 318 g/mol. The average molecular weight is 347 g/mol. The van der Waals surface area contributed by atoms with Crippen LogP contribution < -0.4 is 10.1 Å². The molecule has 0 atom stereocenters. The van der Waals surface area contributed by atoms with Gasteiger partial charge in [0.05, 0.1) is 11.9 Å². The molecular formula is C19H29N3O3. The molecule has 1 N–H and O–H groups in total. The van der Waals surface area contributed by atoms with E-state index < -0.39 is 0 Å². The van der Waals surface area contributed by atoms with Gasteiger partial charge in [0.2, 0.25) is 17.7 Å². The molecule has 2 heterocycles. The summed E-state index contributed by atoms with van der Waals surface area (Å²) < 4.78 is 5.91. The van der Waals surface area contributed by atoms with Crippen LogP contribution in [-0.2, 0) is 9.59 Å². The number of piperidine rings is 1. The van der Waals surface area contributed by atoms with Crippen molar-refractivity contribution in [2.75, 3.05) is 18.4 Å². The Kier molecular flexibility index (Phi) is 7.22. The number of amides is 2. The summed E-state index contributed by atoms with van der Waals surface area (Å²) in [5.74, 6) is 1.33. The van der Waals surface area contributed by atoms with E-state index in [1.165, 1.54) is 0 Å². The van der Waals surface area contributed by atoms with E-state index >= 15 is 0 Å². The number of nitrogens with one attached hydrogen (secondary N) is 1. The minimum absolute atomic E-state index is 0.0371. The maximum atomic E-state index is 12.2. The van der Waals surface area contributed by atoms with Gasteiger partial charge in [0.15, 0.2) is 0 Å². The molecule has 1 fully saturated rings. The van der Waals surface area contributed by atoms with Gasteiger partial charge >= 0.3 is 0 Å². The van der Waals surface area contributed by atoms with Crippen molar-refractivity contribution in [3.8, 4) is 5.88 Å². The Morgan fingerprint density at radius 3 is 2.60 bits per heavy atom. The van der Waals surface area contributed by atoms with Crippen molar-refractivity contribution in [3.05, 3.63) is 18.3 Å². The number of nitrogens with zero attached hydrogens (tertiary/aromatic N) is 2. The SMILES string of the molecule is CCC(=O)Nc1ccc(OC2CCN(C(=O)CCC(C)C)CC2)nc1. The summed E-state index contributed by atoms with van der Waals surface area (Å²) in [6.07, 6.45) is 5.35. The van der Waals surface area contributed by atoms with Gasteiger partial charge in [0.1, 0.15) is 6.10 Å². The number of carbonyl (C=O) groups is 2. The van der Waals surface area contributed by atoms with Gasteiger partial charge in [-0.15, -0.1) is 0 Å². The number of ether oxygens (including phenoxy) is 1. The number of hydrogen-bond acceptors (Lipinski definition) is 4. The zero-order chi connectivity index (χ0) is 18.2. The van der Waals surface area contributed by atoms with Crippen LogP contribution in [-0.4, -0.2) is 40.9 Å². The van der Waals surface area contributed by atoms with E-state index in [9.17, 15) is 9.59 Å². The van der Waals surface area contributed by atoms with Gasteiger partial charge in [0, 0.05) is 44.8 Å². The highest BCUT2D eigenvalue weighted by Gasteiger charge is 2.24. The summed E-state index contributed by atoms with van der Waals surface area (Å²) in [6, 6.07) is 3.56. The molecule has 138 valence electrons. The number of hydrogen-bond donors (Lipinski definition) is 1. The van der Waals surface area contributed by atoms with Crippen molar-refractivity contribution in [1.82, 2.24) is 9.88 Å². The number of carbonyl (C=O) groups excluding carboxylic acids is 2. The summed E-state index contributed by atoms with van der Waals surface area (Å²) in [6.45, 7) is 7.57. The molecule has 25 heavy (non-hydrogen) atoms. The standard InChI is InChI=1S/C19H29N3O3/c1-4-17(23)21-15-6-7-18(20-13-15)25-16-9-11-22(12-10-16)19(24)8-5-14(2)3/h6-7,13-14,16H,4-5,8-12H2,1-3H3,(H,21,23). The molecule has 0 unspecified atom stereocenters. The van der Waals surface area contributed by atoms with Gasteiger partial charge in [-0.05, 0) is 18.4 Å². The van der Waals surface area contributed by atoms with E-state index in [-0.39, 0.29) is 17.9 Å². The van der Waals surface area contributed by atoms with Gasteiger partial charge < -0.3 is 15.0 Å². The number of aromatic nitrogens is 1. The third kappa shape index (κ3) is 6.36. The molecule has 0 bridgehead atoms. The van der Waals surface area contributed by atoms with Crippen LogP contribution in [0, 0.1) is 5.92 Å². The lowest BCUT2D eigenvalue weighted by molar-refractivity contribution is -0.133. The highest BCUT2D eigenvalue weighted by atomic mass is 16.5. The van der Waals surface area contributed by atoms with E-state index in [0.29, 0.717) is 30.3 Å². The Labute approximate surface area is 150 Å². The Morgan fingerprint density at radius 2 is 2.04 bits per heavy atom. The van der Waals surface area contributed by atoms with Gasteiger partial charge in [-0.3, -0.25) is 9.59 Å². The first kappa shape index (κ1) is 19.2. The van der Waals surface area contributed by atoms with Crippen LogP contribution >= 0.6 is 0 Å². The lowest BCUT2D eigenvalue weighted by atomic mass is 10.0. The molecule has 0 radical (unpaired) electrons. The molecule has 1 aliphatic heterocycles. The fourth-order valence-corrected chi connectivity index (χ4v) is 2.74. The van der Waals surface area contributed by atoms with Crippen molar-refractivity contribution in [1.29, 1.82) is 0 Å². The second-order valence-electron chi connectivity index (χ2n) is 6.92. The van der Waals surface area contributed by atoms with Crippen LogP contribution in [0.5, 0.6) is 5.88 Å². The molecule has 0 saturated carbocycles. The maximum absolute atomic E-state index is 12.2. The van der Waals surface area contributed by atoms with Crippen molar-refractivity contribution < 1.29 is 14.3 Å². The molecule has 2 rings (SSSR count). The Morgan fingerprint density at radius 1 is 1.32 bits per heavy atom. The van der Waals surface area contributed by atoms with E-state index in [2.05, 4.69) is 24.1 Å². The highest BCUT2D eigenvalue weighted by Crippen LogP contribution is 2.19. The van der Waals surface area contributed by atoms with Crippen LogP contribution in [0.1, 0.15) is 52.9 Å². The second-order valence-corrected chi connectivity index (χ2v) is 6.92. The first-order chi connectivity index (χ1) is 12.0. The summed E-state index contributed by atoms with van der Waals surface area (Å²) in [7, 11) is 0. The van der Waals surface area contributed by atoms with Gasteiger partial charge in [-0.25, -0.2) is 4.98 Å². The fraction of sp³-hybridized carbons (Fsp3) is 0.632.